The van der Waals surface area contributed by atoms with Crippen LogP contribution in [0.1, 0.15) is 29.8 Å². The zero-order chi connectivity index (χ0) is 21.4. The highest BCUT2D eigenvalue weighted by Gasteiger charge is 2.25. The minimum atomic E-state index is -0.625. The van der Waals surface area contributed by atoms with Crippen molar-refractivity contribution in [3.8, 4) is 11.5 Å². The molecular weight excluding hydrogens is 436 g/mol. The summed E-state index contributed by atoms with van der Waals surface area (Å²) in [6.07, 6.45) is 0.634. The van der Waals surface area contributed by atoms with E-state index < -0.39 is 6.04 Å². The summed E-state index contributed by atoms with van der Waals surface area (Å²) < 4.78 is 11.2. The molecule has 2 aromatic carbocycles. The van der Waals surface area contributed by atoms with Gasteiger partial charge in [0.1, 0.15) is 6.04 Å². The molecule has 0 aliphatic heterocycles. The number of rotatable bonds is 9. The van der Waals surface area contributed by atoms with Gasteiger partial charge in [-0.3, -0.25) is 9.59 Å². The van der Waals surface area contributed by atoms with E-state index in [9.17, 15) is 9.59 Å². The van der Waals surface area contributed by atoms with Gasteiger partial charge in [-0.25, -0.2) is 0 Å². The minimum Gasteiger partial charge on any atom is -0.493 e. The number of hydrogen-bond acceptors (Lipinski definition) is 4. The molecule has 0 unspecified atom stereocenters. The lowest BCUT2D eigenvalue weighted by Crippen LogP contribution is -2.50. The van der Waals surface area contributed by atoms with Gasteiger partial charge in [-0.15, -0.1) is 0 Å². The van der Waals surface area contributed by atoms with Crippen molar-refractivity contribution < 1.29 is 19.1 Å². The SMILES string of the molecule is COc1ccc(CCNC(=O)[C@@H](NC(=O)c2ccccc2Br)C(C)C)cc1OC. The van der Waals surface area contributed by atoms with E-state index >= 15 is 0 Å². The van der Waals surface area contributed by atoms with Gasteiger partial charge in [0, 0.05) is 11.0 Å². The van der Waals surface area contributed by atoms with Crippen molar-refractivity contribution in [1.82, 2.24) is 10.6 Å². The Kier molecular flexibility index (Phi) is 8.51. The van der Waals surface area contributed by atoms with Crippen LogP contribution in [0.4, 0.5) is 0 Å². The van der Waals surface area contributed by atoms with E-state index in [2.05, 4.69) is 26.6 Å². The summed E-state index contributed by atoms with van der Waals surface area (Å²) in [5.74, 6) is 0.765. The Balaban J connectivity index is 1.96. The van der Waals surface area contributed by atoms with Gasteiger partial charge in [-0.2, -0.15) is 0 Å². The van der Waals surface area contributed by atoms with Crippen molar-refractivity contribution in [2.45, 2.75) is 26.3 Å². The molecular formula is C22H27BrN2O4. The summed E-state index contributed by atoms with van der Waals surface area (Å²) in [5.41, 5.74) is 1.51. The molecule has 156 valence electrons. The number of carbonyl (C=O) groups excluding carboxylic acids is 2. The van der Waals surface area contributed by atoms with Gasteiger partial charge in [0.2, 0.25) is 5.91 Å². The second-order valence-corrected chi connectivity index (χ2v) is 7.76. The van der Waals surface area contributed by atoms with Gasteiger partial charge < -0.3 is 20.1 Å². The van der Waals surface area contributed by atoms with Crippen LogP contribution in [0, 0.1) is 5.92 Å². The molecule has 0 aromatic heterocycles. The normalized spacial score (nSPS) is 11.7. The number of methoxy groups -OCH3 is 2. The third-order valence-corrected chi connectivity index (χ3v) is 5.21. The first-order valence-corrected chi connectivity index (χ1v) is 10.2. The van der Waals surface area contributed by atoms with Crippen LogP contribution in [0.25, 0.3) is 0 Å². The second kappa shape index (κ2) is 10.9. The molecule has 0 fully saturated rings. The molecule has 2 aromatic rings. The van der Waals surface area contributed by atoms with E-state index in [0.29, 0.717) is 34.5 Å². The highest BCUT2D eigenvalue weighted by atomic mass is 79.9. The molecule has 2 N–H and O–H groups in total. The number of hydrogen-bond donors (Lipinski definition) is 2. The van der Waals surface area contributed by atoms with Crippen molar-refractivity contribution in [3.05, 3.63) is 58.1 Å². The zero-order valence-electron chi connectivity index (χ0n) is 17.1. The smallest absolute Gasteiger partial charge is 0.253 e. The second-order valence-electron chi connectivity index (χ2n) is 6.91. The molecule has 1 atom stereocenters. The van der Waals surface area contributed by atoms with Crippen LogP contribution < -0.4 is 20.1 Å². The van der Waals surface area contributed by atoms with Crippen molar-refractivity contribution in [2.75, 3.05) is 20.8 Å². The molecule has 0 heterocycles. The zero-order valence-corrected chi connectivity index (χ0v) is 18.7. The summed E-state index contributed by atoms with van der Waals surface area (Å²) in [6, 6.07) is 12.2. The third kappa shape index (κ3) is 6.22. The Bertz CT molecular complexity index is 854. The molecule has 29 heavy (non-hydrogen) atoms. The fraction of sp³-hybridized carbons (Fsp3) is 0.364. The van der Waals surface area contributed by atoms with E-state index in [4.69, 9.17) is 9.47 Å². The maximum Gasteiger partial charge on any atom is 0.253 e. The quantitative estimate of drug-likeness (QED) is 0.596. The molecule has 2 rings (SSSR count). The lowest BCUT2D eigenvalue weighted by Gasteiger charge is -2.22. The summed E-state index contributed by atoms with van der Waals surface area (Å²) in [7, 11) is 3.18. The number of nitrogens with one attached hydrogen (secondary N) is 2. The Morgan fingerprint density at radius 1 is 1.03 bits per heavy atom. The van der Waals surface area contributed by atoms with Crippen LogP contribution in [0.15, 0.2) is 46.9 Å². The van der Waals surface area contributed by atoms with Crippen LogP contribution in [-0.4, -0.2) is 38.6 Å². The van der Waals surface area contributed by atoms with E-state index in [1.807, 2.05) is 38.1 Å². The van der Waals surface area contributed by atoms with Crippen molar-refractivity contribution >= 4 is 27.7 Å². The predicted octanol–water partition coefficient (Wildman–Crippen LogP) is 3.58. The molecule has 6 nitrogen and oxygen atoms in total. The minimum absolute atomic E-state index is 0.0532. The summed E-state index contributed by atoms with van der Waals surface area (Å²) in [5, 5.41) is 5.75. The highest BCUT2D eigenvalue weighted by Crippen LogP contribution is 2.27. The van der Waals surface area contributed by atoms with Crippen LogP contribution in [0.3, 0.4) is 0 Å². The fourth-order valence-electron chi connectivity index (χ4n) is 2.88. The third-order valence-electron chi connectivity index (χ3n) is 4.52. The van der Waals surface area contributed by atoms with Crippen molar-refractivity contribution in [1.29, 1.82) is 0 Å². The first kappa shape index (κ1) is 22.7. The van der Waals surface area contributed by atoms with Crippen molar-refractivity contribution in [3.63, 3.8) is 0 Å². The van der Waals surface area contributed by atoms with Crippen LogP contribution in [0.2, 0.25) is 0 Å². The van der Waals surface area contributed by atoms with Gasteiger partial charge in [-0.1, -0.05) is 32.0 Å². The molecule has 2 amide bonds. The Morgan fingerprint density at radius 3 is 2.34 bits per heavy atom. The highest BCUT2D eigenvalue weighted by molar-refractivity contribution is 9.10. The fourth-order valence-corrected chi connectivity index (χ4v) is 3.34. The van der Waals surface area contributed by atoms with Gasteiger partial charge in [0.05, 0.1) is 19.8 Å². The Morgan fingerprint density at radius 2 is 1.72 bits per heavy atom. The lowest BCUT2D eigenvalue weighted by atomic mass is 10.0. The molecule has 0 spiro atoms. The molecule has 0 radical (unpaired) electrons. The van der Waals surface area contributed by atoms with E-state index in [1.54, 1.807) is 32.4 Å². The van der Waals surface area contributed by atoms with Crippen LogP contribution >= 0.6 is 15.9 Å². The van der Waals surface area contributed by atoms with Gasteiger partial charge in [0.25, 0.3) is 5.91 Å². The first-order chi connectivity index (χ1) is 13.9. The number of halogens is 1. The number of benzene rings is 2. The average molecular weight is 463 g/mol. The Labute approximate surface area is 180 Å². The average Bonchev–Trinajstić information content (AvgIpc) is 2.71. The number of ether oxygens (including phenoxy) is 2. The molecule has 7 heteroatoms. The van der Waals surface area contributed by atoms with E-state index in [0.717, 1.165) is 5.56 Å². The largest absolute Gasteiger partial charge is 0.493 e. The predicted molar refractivity (Wildman–Crippen MR) is 116 cm³/mol. The van der Waals surface area contributed by atoms with Crippen LogP contribution in [0.5, 0.6) is 11.5 Å². The standard InChI is InChI=1S/C22H27BrN2O4/c1-14(2)20(25-21(26)16-7-5-6-8-17(16)23)22(27)24-12-11-15-9-10-18(28-3)19(13-15)29-4/h5-10,13-14,20H,11-12H2,1-4H3,(H,24,27)(H,25,26)/t20-/m0/s1. The van der Waals surface area contributed by atoms with Gasteiger partial charge >= 0.3 is 0 Å². The van der Waals surface area contributed by atoms with Crippen molar-refractivity contribution in [2.24, 2.45) is 5.92 Å². The topological polar surface area (TPSA) is 76.7 Å². The summed E-state index contributed by atoms with van der Waals surface area (Å²) in [4.78, 5) is 25.2. The molecule has 0 aliphatic carbocycles. The molecule has 0 saturated carbocycles. The summed E-state index contributed by atoms with van der Waals surface area (Å²) in [6.45, 7) is 4.25. The maximum atomic E-state index is 12.7. The first-order valence-electron chi connectivity index (χ1n) is 9.41. The van der Waals surface area contributed by atoms with Gasteiger partial charge in [0.15, 0.2) is 11.5 Å². The van der Waals surface area contributed by atoms with E-state index in [-0.39, 0.29) is 17.7 Å². The van der Waals surface area contributed by atoms with E-state index in [1.165, 1.54) is 0 Å². The Hall–Kier alpha value is -2.54. The summed E-state index contributed by atoms with van der Waals surface area (Å²) >= 11 is 3.37. The molecule has 0 aliphatic rings. The molecule has 0 bridgehead atoms. The number of amides is 2. The number of carbonyl (C=O) groups is 2. The monoisotopic (exact) mass is 462 g/mol. The lowest BCUT2D eigenvalue weighted by molar-refractivity contribution is -0.123. The van der Waals surface area contributed by atoms with Gasteiger partial charge in [-0.05, 0) is 58.1 Å². The molecule has 0 saturated heterocycles. The maximum absolute atomic E-state index is 12.7. The van der Waals surface area contributed by atoms with Crippen LogP contribution in [-0.2, 0) is 11.2 Å².